The molecule has 1 atom stereocenters. The molecule has 0 bridgehead atoms. The van der Waals surface area contributed by atoms with Crippen molar-refractivity contribution in [3.05, 3.63) is 83.3 Å². The van der Waals surface area contributed by atoms with Gasteiger partial charge in [-0.15, -0.1) is 0 Å². The molecule has 3 rings (SSSR count). The maximum absolute atomic E-state index is 13.4. The van der Waals surface area contributed by atoms with E-state index < -0.39 is 12.1 Å². The quantitative estimate of drug-likeness (QED) is 0.837. The number of allylic oxidation sites excluding steroid dienone is 1. The number of amides is 1. The molecule has 2 aromatic carbocycles. The molecule has 5 heteroatoms. The predicted octanol–water partition coefficient (Wildman–Crippen LogP) is 4.30. The zero-order chi connectivity index (χ0) is 17.8. The highest BCUT2D eigenvalue weighted by molar-refractivity contribution is 5.92. The van der Waals surface area contributed by atoms with E-state index in [1.807, 2.05) is 30.3 Å². The van der Waals surface area contributed by atoms with Gasteiger partial charge >= 0.3 is 6.09 Å². The van der Waals surface area contributed by atoms with Crippen LogP contribution in [0.3, 0.4) is 0 Å². The van der Waals surface area contributed by atoms with Gasteiger partial charge in [-0.2, -0.15) is 0 Å². The van der Waals surface area contributed by atoms with Gasteiger partial charge in [-0.1, -0.05) is 36.4 Å². The number of carbonyl (C=O) groups is 2. The molecular weight excluding hydrogens is 321 g/mol. The molecule has 0 unspecified atom stereocenters. The number of halogens is 1. The second-order valence-electron chi connectivity index (χ2n) is 5.95. The van der Waals surface area contributed by atoms with Gasteiger partial charge in [0.2, 0.25) is 0 Å². The van der Waals surface area contributed by atoms with Crippen LogP contribution in [-0.4, -0.2) is 16.8 Å². The molecule has 4 nitrogen and oxygen atoms in total. The van der Waals surface area contributed by atoms with E-state index in [-0.39, 0.29) is 24.6 Å². The predicted molar refractivity (Wildman–Crippen MR) is 91.1 cm³/mol. The number of nitrogens with zero attached hydrogens (tertiary/aromatic N) is 1. The normalized spacial score (nSPS) is 16.8. The monoisotopic (exact) mass is 339 g/mol. The summed E-state index contributed by atoms with van der Waals surface area (Å²) in [6.45, 7) is 1.90. The first-order valence-corrected chi connectivity index (χ1v) is 8.00. The number of aryl methyl sites for hydroxylation is 1. The standard InChI is InChI=1S/C20H18FNO3/c1-14-11-16(21)7-8-18(14)19-12-17(23)9-10-22(19)20(24)25-13-15-5-3-2-4-6-15/h2-11,19H,12-13H2,1H3/t19-/m1/s1. The maximum Gasteiger partial charge on any atom is 0.414 e. The molecule has 25 heavy (non-hydrogen) atoms. The smallest absolute Gasteiger partial charge is 0.414 e. The molecule has 1 heterocycles. The summed E-state index contributed by atoms with van der Waals surface area (Å²) < 4.78 is 18.7. The van der Waals surface area contributed by atoms with Crippen LogP contribution in [0.4, 0.5) is 9.18 Å². The van der Waals surface area contributed by atoms with Gasteiger partial charge in [-0.05, 0) is 41.8 Å². The second kappa shape index (κ2) is 7.30. The molecule has 0 saturated carbocycles. The second-order valence-corrected chi connectivity index (χ2v) is 5.95. The van der Waals surface area contributed by atoms with Crippen LogP contribution in [0.5, 0.6) is 0 Å². The highest BCUT2D eigenvalue weighted by Gasteiger charge is 2.30. The zero-order valence-corrected chi connectivity index (χ0v) is 13.8. The van der Waals surface area contributed by atoms with Crippen LogP contribution in [0, 0.1) is 12.7 Å². The Morgan fingerprint density at radius 3 is 2.72 bits per heavy atom. The van der Waals surface area contributed by atoms with Crippen molar-refractivity contribution in [3.63, 3.8) is 0 Å². The van der Waals surface area contributed by atoms with Crippen molar-refractivity contribution in [1.82, 2.24) is 4.90 Å². The van der Waals surface area contributed by atoms with Gasteiger partial charge in [0.25, 0.3) is 0 Å². The highest BCUT2D eigenvalue weighted by atomic mass is 19.1. The van der Waals surface area contributed by atoms with Gasteiger partial charge in [0, 0.05) is 12.6 Å². The summed E-state index contributed by atoms with van der Waals surface area (Å²) in [7, 11) is 0. The maximum atomic E-state index is 13.4. The molecular formula is C20H18FNO3. The van der Waals surface area contributed by atoms with Crippen LogP contribution < -0.4 is 0 Å². The fraction of sp³-hybridized carbons (Fsp3) is 0.200. The third kappa shape index (κ3) is 3.94. The Kier molecular flexibility index (Phi) is 4.93. The van der Waals surface area contributed by atoms with E-state index in [9.17, 15) is 14.0 Å². The Bertz CT molecular complexity index is 817. The lowest BCUT2D eigenvalue weighted by Gasteiger charge is -2.31. The first kappa shape index (κ1) is 16.9. The lowest BCUT2D eigenvalue weighted by Crippen LogP contribution is -2.35. The number of rotatable bonds is 3. The van der Waals surface area contributed by atoms with Gasteiger partial charge in [0.1, 0.15) is 12.4 Å². The minimum atomic E-state index is -0.540. The molecule has 1 aliphatic rings. The van der Waals surface area contributed by atoms with E-state index in [1.165, 1.54) is 29.3 Å². The van der Waals surface area contributed by atoms with Crippen molar-refractivity contribution in [3.8, 4) is 0 Å². The van der Waals surface area contributed by atoms with Crippen LogP contribution in [0.1, 0.15) is 29.2 Å². The van der Waals surface area contributed by atoms with Crippen molar-refractivity contribution < 1.29 is 18.7 Å². The largest absolute Gasteiger partial charge is 0.444 e. The molecule has 0 fully saturated rings. The Balaban J connectivity index is 1.80. The molecule has 0 aromatic heterocycles. The van der Waals surface area contributed by atoms with Gasteiger partial charge in [-0.3, -0.25) is 9.69 Å². The van der Waals surface area contributed by atoms with E-state index in [0.717, 1.165) is 11.1 Å². The van der Waals surface area contributed by atoms with E-state index in [4.69, 9.17) is 4.74 Å². The van der Waals surface area contributed by atoms with Crippen LogP contribution in [0.2, 0.25) is 0 Å². The number of carbonyl (C=O) groups excluding carboxylic acids is 2. The van der Waals surface area contributed by atoms with E-state index >= 15 is 0 Å². The SMILES string of the molecule is Cc1cc(F)ccc1[C@H]1CC(=O)C=CN1C(=O)OCc1ccccc1. The van der Waals surface area contributed by atoms with Gasteiger partial charge < -0.3 is 4.74 Å². The molecule has 2 aromatic rings. The molecule has 1 aliphatic heterocycles. The fourth-order valence-corrected chi connectivity index (χ4v) is 2.88. The Morgan fingerprint density at radius 2 is 2.00 bits per heavy atom. The summed E-state index contributed by atoms with van der Waals surface area (Å²) in [5.74, 6) is -0.432. The van der Waals surface area contributed by atoms with Gasteiger partial charge in [0.15, 0.2) is 5.78 Å². The summed E-state index contributed by atoms with van der Waals surface area (Å²) in [5, 5.41) is 0. The first-order chi connectivity index (χ1) is 12.0. The van der Waals surface area contributed by atoms with Crippen molar-refractivity contribution in [2.75, 3.05) is 0 Å². The Hall–Kier alpha value is -2.95. The summed E-state index contributed by atoms with van der Waals surface area (Å²) >= 11 is 0. The number of hydrogen-bond acceptors (Lipinski definition) is 3. The van der Waals surface area contributed by atoms with Gasteiger partial charge in [-0.25, -0.2) is 9.18 Å². The van der Waals surface area contributed by atoms with Crippen molar-refractivity contribution >= 4 is 11.9 Å². The van der Waals surface area contributed by atoms with Gasteiger partial charge in [0.05, 0.1) is 6.04 Å². The van der Waals surface area contributed by atoms with Crippen LogP contribution in [0.15, 0.2) is 60.8 Å². The minimum Gasteiger partial charge on any atom is -0.444 e. The Labute approximate surface area is 145 Å². The average molecular weight is 339 g/mol. The molecule has 128 valence electrons. The average Bonchev–Trinajstić information content (AvgIpc) is 2.60. The number of ether oxygens (including phenoxy) is 1. The first-order valence-electron chi connectivity index (χ1n) is 8.00. The third-order valence-electron chi connectivity index (χ3n) is 4.16. The van der Waals surface area contributed by atoms with Crippen molar-refractivity contribution in [2.45, 2.75) is 26.0 Å². The zero-order valence-electron chi connectivity index (χ0n) is 13.8. The van der Waals surface area contributed by atoms with E-state index in [2.05, 4.69) is 0 Å². The Morgan fingerprint density at radius 1 is 1.24 bits per heavy atom. The van der Waals surface area contributed by atoms with Crippen molar-refractivity contribution in [2.24, 2.45) is 0 Å². The third-order valence-corrected chi connectivity index (χ3v) is 4.16. The summed E-state index contributed by atoms with van der Waals surface area (Å²) in [4.78, 5) is 25.7. The molecule has 0 aliphatic carbocycles. The number of benzene rings is 2. The molecule has 0 saturated heterocycles. The van der Waals surface area contributed by atoms with Crippen LogP contribution >= 0.6 is 0 Å². The topological polar surface area (TPSA) is 46.6 Å². The molecule has 0 N–H and O–H groups in total. The fourth-order valence-electron chi connectivity index (χ4n) is 2.88. The number of hydrogen-bond donors (Lipinski definition) is 0. The van der Waals surface area contributed by atoms with E-state index in [1.54, 1.807) is 13.0 Å². The van der Waals surface area contributed by atoms with Crippen LogP contribution in [-0.2, 0) is 16.1 Å². The molecule has 1 amide bonds. The number of ketones is 1. The molecule has 0 radical (unpaired) electrons. The van der Waals surface area contributed by atoms with E-state index in [0.29, 0.717) is 5.56 Å². The summed E-state index contributed by atoms with van der Waals surface area (Å²) in [6, 6.07) is 13.2. The molecule has 0 spiro atoms. The summed E-state index contributed by atoms with van der Waals surface area (Å²) in [6.07, 6.45) is 2.40. The minimum absolute atomic E-state index is 0.0826. The highest BCUT2D eigenvalue weighted by Crippen LogP contribution is 2.31. The lowest BCUT2D eigenvalue weighted by atomic mass is 9.94. The van der Waals surface area contributed by atoms with Crippen LogP contribution in [0.25, 0.3) is 0 Å². The van der Waals surface area contributed by atoms with Crippen molar-refractivity contribution in [1.29, 1.82) is 0 Å². The summed E-state index contributed by atoms with van der Waals surface area (Å²) in [5.41, 5.74) is 2.30. The lowest BCUT2D eigenvalue weighted by molar-refractivity contribution is -0.116.